The molecule has 162 valence electrons. The summed E-state index contributed by atoms with van der Waals surface area (Å²) in [6.45, 7) is 8.39. The molecule has 4 rings (SSSR count). The Bertz CT molecular complexity index is 1100. The summed E-state index contributed by atoms with van der Waals surface area (Å²) in [6, 6.07) is 14.1. The molecule has 0 atom stereocenters. The van der Waals surface area contributed by atoms with E-state index in [1.165, 1.54) is 0 Å². The summed E-state index contributed by atoms with van der Waals surface area (Å²) in [5, 5.41) is 8.49. The second-order valence-corrected chi connectivity index (χ2v) is 8.76. The van der Waals surface area contributed by atoms with Crippen molar-refractivity contribution in [3.05, 3.63) is 53.7 Å². The van der Waals surface area contributed by atoms with Crippen molar-refractivity contribution >= 4 is 40.5 Å². The third kappa shape index (κ3) is 4.82. The lowest BCUT2D eigenvalue weighted by molar-refractivity contribution is 0.0240. The average Bonchev–Trinajstić information content (AvgIpc) is 3.15. The van der Waals surface area contributed by atoms with E-state index in [0.717, 1.165) is 40.9 Å². The highest BCUT2D eigenvalue weighted by Gasteiger charge is 2.26. The van der Waals surface area contributed by atoms with Gasteiger partial charge in [-0.25, -0.2) is 4.79 Å². The number of fused-ring (bicyclic) bond motifs is 1. The third-order valence-electron chi connectivity index (χ3n) is 5.29. The van der Waals surface area contributed by atoms with Crippen LogP contribution in [0.5, 0.6) is 0 Å². The Hall–Kier alpha value is -3.48. The molecule has 1 saturated heterocycles. The minimum absolute atomic E-state index is 0.252. The quantitative estimate of drug-likeness (QED) is 0.616. The number of para-hydroxylation sites is 1. The van der Waals surface area contributed by atoms with Gasteiger partial charge in [0.1, 0.15) is 5.60 Å². The van der Waals surface area contributed by atoms with Gasteiger partial charge in [0.05, 0.1) is 11.2 Å². The van der Waals surface area contributed by atoms with Crippen LogP contribution in [0.1, 0.15) is 32.0 Å². The second kappa shape index (κ2) is 8.34. The van der Waals surface area contributed by atoms with E-state index in [-0.39, 0.29) is 6.09 Å². The van der Waals surface area contributed by atoms with Crippen molar-refractivity contribution in [2.45, 2.75) is 26.4 Å². The number of nitrogen functional groups attached to an aromatic ring is 1. The Kier molecular flexibility index (Phi) is 5.59. The molecule has 7 nitrogen and oxygen atoms in total. The van der Waals surface area contributed by atoms with Crippen LogP contribution in [0.15, 0.2) is 42.5 Å². The first-order valence-corrected chi connectivity index (χ1v) is 10.5. The van der Waals surface area contributed by atoms with Gasteiger partial charge >= 0.3 is 6.09 Å². The lowest BCUT2D eigenvalue weighted by Gasteiger charge is -2.36. The molecule has 31 heavy (non-hydrogen) atoms. The van der Waals surface area contributed by atoms with E-state index in [1.807, 2.05) is 69.3 Å². The molecule has 1 aromatic heterocycles. The van der Waals surface area contributed by atoms with Crippen LogP contribution in [-0.4, -0.2) is 53.0 Å². The molecule has 0 bridgehead atoms. The summed E-state index contributed by atoms with van der Waals surface area (Å²) >= 11 is 0. The van der Waals surface area contributed by atoms with Gasteiger partial charge in [-0.2, -0.15) is 5.10 Å². The molecule has 0 spiro atoms. The molecule has 1 amide bonds. The Morgan fingerprint density at radius 3 is 2.55 bits per heavy atom. The Balaban J connectivity index is 1.41. The largest absolute Gasteiger partial charge is 0.444 e. The van der Waals surface area contributed by atoms with Gasteiger partial charge in [0.15, 0.2) is 0 Å². The normalized spacial score (nSPS) is 15.1. The maximum atomic E-state index is 12.3. The Morgan fingerprint density at radius 2 is 1.84 bits per heavy atom. The van der Waals surface area contributed by atoms with Gasteiger partial charge in [-0.1, -0.05) is 30.3 Å². The van der Waals surface area contributed by atoms with Crippen molar-refractivity contribution in [1.29, 1.82) is 0 Å². The van der Waals surface area contributed by atoms with E-state index in [2.05, 4.69) is 21.2 Å². The van der Waals surface area contributed by atoms with Gasteiger partial charge in [-0.3, -0.25) is 5.10 Å². The van der Waals surface area contributed by atoms with Crippen LogP contribution < -0.4 is 10.6 Å². The number of anilines is 2. The minimum Gasteiger partial charge on any atom is -0.444 e. The minimum atomic E-state index is -0.478. The highest BCUT2D eigenvalue weighted by atomic mass is 16.6. The fourth-order valence-corrected chi connectivity index (χ4v) is 3.66. The fourth-order valence-electron chi connectivity index (χ4n) is 3.66. The summed E-state index contributed by atoms with van der Waals surface area (Å²) in [7, 11) is 0. The van der Waals surface area contributed by atoms with Gasteiger partial charge in [-0.15, -0.1) is 0 Å². The summed E-state index contributed by atoms with van der Waals surface area (Å²) < 4.78 is 5.47. The van der Waals surface area contributed by atoms with E-state index in [0.29, 0.717) is 18.8 Å². The molecule has 0 saturated carbocycles. The topological polar surface area (TPSA) is 87.5 Å². The first-order chi connectivity index (χ1) is 14.8. The monoisotopic (exact) mass is 419 g/mol. The van der Waals surface area contributed by atoms with Crippen molar-refractivity contribution in [1.82, 2.24) is 15.1 Å². The number of ether oxygens (including phenoxy) is 1. The molecule has 3 N–H and O–H groups in total. The number of nitrogens with zero attached hydrogens (tertiary/aromatic N) is 3. The first kappa shape index (κ1) is 20.8. The zero-order valence-electron chi connectivity index (χ0n) is 18.3. The fraction of sp³-hybridized carbons (Fsp3) is 0.333. The van der Waals surface area contributed by atoms with Gasteiger partial charge in [0, 0.05) is 42.9 Å². The summed E-state index contributed by atoms with van der Waals surface area (Å²) in [4.78, 5) is 16.3. The second-order valence-electron chi connectivity index (χ2n) is 8.76. The zero-order chi connectivity index (χ0) is 22.0. The molecule has 1 aliphatic rings. The standard InChI is InChI=1S/C24H29N5O2/c1-24(2,3)31-23(30)29-14-12-28(13-15-29)18-10-8-17(20(25)16-18)9-11-22-19-6-4-5-7-21(19)26-27-22/h4-11,16H,12-15,25H2,1-3H3,(H,26,27). The number of hydrogen-bond acceptors (Lipinski definition) is 5. The molecule has 0 aliphatic carbocycles. The van der Waals surface area contributed by atoms with Crippen LogP contribution >= 0.6 is 0 Å². The van der Waals surface area contributed by atoms with Gasteiger partial charge in [0.25, 0.3) is 0 Å². The molecular weight excluding hydrogens is 390 g/mol. The number of benzene rings is 2. The van der Waals surface area contributed by atoms with E-state index < -0.39 is 5.60 Å². The number of H-pyrrole nitrogens is 1. The zero-order valence-corrected chi connectivity index (χ0v) is 18.3. The van der Waals surface area contributed by atoms with Crippen LogP contribution in [0.4, 0.5) is 16.2 Å². The molecule has 3 aromatic rings. The smallest absolute Gasteiger partial charge is 0.410 e. The number of carbonyl (C=O) groups excluding carboxylic acids is 1. The van der Waals surface area contributed by atoms with Gasteiger partial charge < -0.3 is 20.3 Å². The van der Waals surface area contributed by atoms with Gasteiger partial charge in [-0.05, 0) is 50.6 Å². The molecular formula is C24H29N5O2. The number of hydrogen-bond donors (Lipinski definition) is 2. The van der Waals surface area contributed by atoms with Crippen LogP contribution in [0.25, 0.3) is 23.1 Å². The molecule has 2 heterocycles. The van der Waals surface area contributed by atoms with Crippen molar-refractivity contribution in [2.24, 2.45) is 0 Å². The first-order valence-electron chi connectivity index (χ1n) is 10.5. The maximum absolute atomic E-state index is 12.3. The van der Waals surface area contributed by atoms with Gasteiger partial charge in [0.2, 0.25) is 0 Å². The van der Waals surface area contributed by atoms with Crippen molar-refractivity contribution in [3.8, 4) is 0 Å². The number of rotatable bonds is 3. The SMILES string of the molecule is CC(C)(C)OC(=O)N1CCN(c2ccc(C=Cc3n[nH]c4ccccc34)c(N)c2)CC1. The van der Waals surface area contributed by atoms with E-state index in [9.17, 15) is 4.79 Å². The Labute approximate surface area is 182 Å². The molecule has 0 radical (unpaired) electrons. The van der Waals surface area contributed by atoms with Crippen LogP contribution in [0.3, 0.4) is 0 Å². The number of piperazine rings is 1. The van der Waals surface area contributed by atoms with Crippen LogP contribution in [0, 0.1) is 0 Å². The predicted octanol–water partition coefficient (Wildman–Crippen LogP) is 4.37. The summed E-state index contributed by atoms with van der Waals surface area (Å²) in [5.41, 5.74) is 10.5. The molecule has 7 heteroatoms. The molecule has 2 aromatic carbocycles. The van der Waals surface area contributed by atoms with E-state index in [4.69, 9.17) is 10.5 Å². The summed E-state index contributed by atoms with van der Waals surface area (Å²) in [5.74, 6) is 0. The molecule has 1 aliphatic heterocycles. The number of nitrogens with two attached hydrogens (primary N) is 1. The number of carbonyl (C=O) groups is 1. The van der Waals surface area contributed by atoms with E-state index >= 15 is 0 Å². The van der Waals surface area contributed by atoms with Crippen molar-refractivity contribution < 1.29 is 9.53 Å². The number of amides is 1. The Morgan fingerprint density at radius 1 is 1.10 bits per heavy atom. The van der Waals surface area contributed by atoms with Crippen LogP contribution in [0.2, 0.25) is 0 Å². The lowest BCUT2D eigenvalue weighted by atomic mass is 10.1. The predicted molar refractivity (Wildman–Crippen MR) is 126 cm³/mol. The van der Waals surface area contributed by atoms with E-state index in [1.54, 1.807) is 4.90 Å². The number of nitrogens with one attached hydrogen (secondary N) is 1. The molecule has 0 unspecified atom stereocenters. The maximum Gasteiger partial charge on any atom is 0.410 e. The van der Waals surface area contributed by atoms with Crippen LogP contribution in [-0.2, 0) is 4.74 Å². The average molecular weight is 420 g/mol. The third-order valence-corrected chi connectivity index (χ3v) is 5.29. The lowest BCUT2D eigenvalue weighted by Crippen LogP contribution is -2.50. The highest BCUT2D eigenvalue weighted by molar-refractivity contribution is 5.90. The molecule has 1 fully saturated rings. The number of aromatic amines is 1. The number of aromatic nitrogens is 2. The van der Waals surface area contributed by atoms with Crippen molar-refractivity contribution in [2.75, 3.05) is 36.8 Å². The summed E-state index contributed by atoms with van der Waals surface area (Å²) in [6.07, 6.45) is 3.71. The highest BCUT2D eigenvalue weighted by Crippen LogP contribution is 2.25. The van der Waals surface area contributed by atoms with Crippen molar-refractivity contribution in [3.63, 3.8) is 0 Å².